The van der Waals surface area contributed by atoms with Crippen molar-refractivity contribution in [1.29, 1.82) is 0 Å². The van der Waals surface area contributed by atoms with Crippen molar-refractivity contribution in [2.24, 2.45) is 0 Å². The smallest absolute Gasteiger partial charge is 0.245 e. The molecule has 6 nitrogen and oxygen atoms in total. The molecule has 1 aromatic heterocycles. The van der Waals surface area contributed by atoms with E-state index in [-0.39, 0.29) is 10.4 Å². The van der Waals surface area contributed by atoms with Crippen LogP contribution in [0.2, 0.25) is 0 Å². The topological polar surface area (TPSA) is 69.3 Å². The first-order valence-corrected chi connectivity index (χ1v) is 7.45. The number of rotatable bonds is 5. The Morgan fingerprint density at radius 2 is 2.06 bits per heavy atom. The number of likely N-dealkylation sites (N-methyl/N-ethyl adjacent to an activating group) is 2. The molecular formula is C11H20N4O2S. The predicted molar refractivity (Wildman–Crippen MR) is 68.7 cm³/mol. The van der Waals surface area contributed by atoms with Crippen molar-refractivity contribution in [3.8, 4) is 0 Å². The van der Waals surface area contributed by atoms with Crippen LogP contribution in [0.1, 0.15) is 19.3 Å². The van der Waals surface area contributed by atoms with Crippen molar-refractivity contribution in [1.82, 2.24) is 19.4 Å². The van der Waals surface area contributed by atoms with E-state index >= 15 is 0 Å². The molecule has 1 aliphatic carbocycles. The molecule has 0 saturated heterocycles. The molecular weight excluding hydrogens is 252 g/mol. The van der Waals surface area contributed by atoms with Gasteiger partial charge in [0.1, 0.15) is 4.90 Å². The summed E-state index contributed by atoms with van der Waals surface area (Å²) in [4.78, 5) is 2.36. The summed E-state index contributed by atoms with van der Waals surface area (Å²) in [6.07, 6.45) is 6.01. The van der Waals surface area contributed by atoms with E-state index in [1.54, 1.807) is 7.05 Å². The van der Waals surface area contributed by atoms with Crippen LogP contribution in [0.4, 0.5) is 0 Å². The van der Waals surface area contributed by atoms with Crippen LogP contribution in [0.25, 0.3) is 0 Å². The van der Waals surface area contributed by atoms with Crippen LogP contribution in [-0.4, -0.2) is 61.0 Å². The lowest BCUT2D eigenvalue weighted by molar-refractivity contribution is 0.0455. The average Bonchev–Trinajstić information content (AvgIpc) is 2.75. The van der Waals surface area contributed by atoms with E-state index in [1.165, 1.54) is 16.7 Å². The SMILES string of the molecule is CN(C)C1(CN(C)S(=O)(=O)c2cn[nH]c2)CCC1. The number of nitrogens with zero attached hydrogens (tertiary/aromatic N) is 3. The highest BCUT2D eigenvalue weighted by molar-refractivity contribution is 7.89. The summed E-state index contributed by atoms with van der Waals surface area (Å²) in [5.41, 5.74) is -0.00838. The highest BCUT2D eigenvalue weighted by atomic mass is 32.2. The molecule has 0 aromatic carbocycles. The molecule has 0 atom stereocenters. The molecule has 1 heterocycles. The number of nitrogens with one attached hydrogen (secondary N) is 1. The van der Waals surface area contributed by atoms with E-state index in [2.05, 4.69) is 15.1 Å². The second-order valence-electron chi connectivity index (χ2n) is 5.17. The van der Waals surface area contributed by atoms with Crippen LogP contribution in [0.3, 0.4) is 0 Å². The Bertz CT molecular complexity index is 491. The third-order valence-electron chi connectivity index (χ3n) is 3.93. The normalized spacial score (nSPS) is 19.2. The predicted octanol–water partition coefficient (Wildman–Crippen LogP) is 0.514. The van der Waals surface area contributed by atoms with E-state index in [0.717, 1.165) is 19.3 Å². The lowest BCUT2D eigenvalue weighted by Gasteiger charge is -2.48. The van der Waals surface area contributed by atoms with Gasteiger partial charge >= 0.3 is 0 Å². The van der Waals surface area contributed by atoms with Gasteiger partial charge in [0.15, 0.2) is 0 Å². The minimum absolute atomic E-state index is 0.00838. The van der Waals surface area contributed by atoms with Crippen LogP contribution in [0.5, 0.6) is 0 Å². The summed E-state index contributed by atoms with van der Waals surface area (Å²) >= 11 is 0. The molecule has 0 spiro atoms. The fourth-order valence-electron chi connectivity index (χ4n) is 2.39. The molecule has 1 N–H and O–H groups in total. The summed E-state index contributed by atoms with van der Waals surface area (Å²) in [5.74, 6) is 0. The second kappa shape index (κ2) is 4.64. The Morgan fingerprint density at radius 3 is 2.44 bits per heavy atom. The molecule has 0 amide bonds. The molecule has 1 aliphatic rings. The van der Waals surface area contributed by atoms with Crippen LogP contribution in [0.15, 0.2) is 17.3 Å². The fraction of sp³-hybridized carbons (Fsp3) is 0.727. The van der Waals surface area contributed by atoms with Gasteiger partial charge in [-0.25, -0.2) is 8.42 Å². The molecule has 0 bridgehead atoms. The number of H-pyrrole nitrogens is 1. The molecule has 1 aromatic rings. The van der Waals surface area contributed by atoms with E-state index in [0.29, 0.717) is 6.54 Å². The Morgan fingerprint density at radius 1 is 1.39 bits per heavy atom. The molecule has 2 rings (SSSR count). The van der Waals surface area contributed by atoms with Crippen molar-refractivity contribution in [2.45, 2.75) is 29.7 Å². The maximum absolute atomic E-state index is 12.3. The van der Waals surface area contributed by atoms with Crippen molar-refractivity contribution in [2.75, 3.05) is 27.7 Å². The van der Waals surface area contributed by atoms with Gasteiger partial charge in [0.2, 0.25) is 10.0 Å². The Balaban J connectivity index is 2.15. The lowest BCUT2D eigenvalue weighted by atomic mass is 9.75. The van der Waals surface area contributed by atoms with E-state index < -0.39 is 10.0 Å². The molecule has 0 unspecified atom stereocenters. The van der Waals surface area contributed by atoms with Gasteiger partial charge in [0.25, 0.3) is 0 Å². The summed E-state index contributed by atoms with van der Waals surface area (Å²) in [6.45, 7) is 0.521. The van der Waals surface area contributed by atoms with Gasteiger partial charge in [0.05, 0.1) is 6.20 Å². The Hall–Kier alpha value is -0.920. The lowest BCUT2D eigenvalue weighted by Crippen LogP contribution is -2.57. The van der Waals surface area contributed by atoms with Crippen LogP contribution in [0, 0.1) is 0 Å². The number of aromatic amines is 1. The minimum Gasteiger partial charge on any atom is -0.302 e. The fourth-order valence-corrected chi connectivity index (χ4v) is 3.55. The number of hydrogen-bond acceptors (Lipinski definition) is 4. The summed E-state index contributed by atoms with van der Waals surface area (Å²) in [6, 6.07) is 0. The Labute approximate surface area is 108 Å². The largest absolute Gasteiger partial charge is 0.302 e. The number of aromatic nitrogens is 2. The van der Waals surface area contributed by atoms with Crippen molar-refractivity contribution < 1.29 is 8.42 Å². The summed E-state index contributed by atoms with van der Waals surface area (Å²) < 4.78 is 26.0. The van der Waals surface area contributed by atoms with Gasteiger partial charge in [-0.05, 0) is 33.4 Å². The van der Waals surface area contributed by atoms with E-state index in [9.17, 15) is 8.42 Å². The zero-order valence-corrected chi connectivity index (χ0v) is 11.9. The minimum atomic E-state index is -3.43. The van der Waals surface area contributed by atoms with Crippen molar-refractivity contribution in [3.05, 3.63) is 12.4 Å². The zero-order chi connectivity index (χ0) is 13.4. The summed E-state index contributed by atoms with van der Waals surface area (Å²) in [5, 5.41) is 6.23. The van der Waals surface area contributed by atoms with Crippen LogP contribution in [-0.2, 0) is 10.0 Å². The molecule has 102 valence electrons. The quantitative estimate of drug-likeness (QED) is 0.848. The van der Waals surface area contributed by atoms with E-state index in [1.807, 2.05) is 14.1 Å². The second-order valence-corrected chi connectivity index (χ2v) is 7.21. The van der Waals surface area contributed by atoms with Gasteiger partial charge in [-0.1, -0.05) is 0 Å². The monoisotopic (exact) mass is 272 g/mol. The van der Waals surface area contributed by atoms with Gasteiger partial charge < -0.3 is 4.90 Å². The maximum atomic E-state index is 12.3. The van der Waals surface area contributed by atoms with Gasteiger partial charge in [-0.3, -0.25) is 5.10 Å². The number of sulfonamides is 1. The highest BCUT2D eigenvalue weighted by Crippen LogP contribution is 2.37. The van der Waals surface area contributed by atoms with Gasteiger partial charge in [0, 0.05) is 25.3 Å². The maximum Gasteiger partial charge on any atom is 0.245 e. The zero-order valence-electron chi connectivity index (χ0n) is 11.0. The van der Waals surface area contributed by atoms with E-state index in [4.69, 9.17) is 0 Å². The third-order valence-corrected chi connectivity index (χ3v) is 5.70. The number of hydrogen-bond donors (Lipinski definition) is 1. The summed E-state index contributed by atoms with van der Waals surface area (Å²) in [7, 11) is 2.23. The molecule has 0 aliphatic heterocycles. The molecule has 18 heavy (non-hydrogen) atoms. The first-order valence-electron chi connectivity index (χ1n) is 6.01. The van der Waals surface area contributed by atoms with Gasteiger partial charge in [-0.15, -0.1) is 0 Å². The molecule has 1 saturated carbocycles. The van der Waals surface area contributed by atoms with Crippen LogP contribution >= 0.6 is 0 Å². The molecule has 0 radical (unpaired) electrons. The molecule has 1 fully saturated rings. The molecule has 7 heteroatoms. The highest BCUT2D eigenvalue weighted by Gasteiger charge is 2.42. The Kier molecular flexibility index (Phi) is 3.48. The first-order chi connectivity index (χ1) is 8.38. The van der Waals surface area contributed by atoms with Crippen LogP contribution < -0.4 is 0 Å². The van der Waals surface area contributed by atoms with Crippen molar-refractivity contribution >= 4 is 10.0 Å². The average molecular weight is 272 g/mol. The van der Waals surface area contributed by atoms with Crippen molar-refractivity contribution in [3.63, 3.8) is 0 Å². The first kappa shape index (κ1) is 13.5. The van der Waals surface area contributed by atoms with Gasteiger partial charge in [-0.2, -0.15) is 9.40 Å². The standard InChI is InChI=1S/C11H20N4O2S/c1-14(2)11(5-4-6-11)9-15(3)18(16,17)10-7-12-13-8-10/h7-8H,4-6,9H2,1-3H3,(H,12,13). The third kappa shape index (κ3) is 2.17.